The molecule has 0 aliphatic heterocycles. The second-order valence-electron chi connectivity index (χ2n) is 4.81. The van der Waals surface area contributed by atoms with Crippen molar-refractivity contribution in [2.75, 3.05) is 13.4 Å². The third-order valence-corrected chi connectivity index (χ3v) is 3.45. The summed E-state index contributed by atoms with van der Waals surface area (Å²) in [6.45, 7) is 1.58. The molecule has 0 aliphatic carbocycles. The normalized spacial score (nSPS) is 13.2. The second kappa shape index (κ2) is 7.88. The van der Waals surface area contributed by atoms with Crippen molar-refractivity contribution in [1.29, 1.82) is 0 Å². The molecule has 1 aromatic rings. The summed E-state index contributed by atoms with van der Waals surface area (Å²) in [7, 11) is -2.69. The van der Waals surface area contributed by atoms with Crippen LogP contribution in [0.1, 0.15) is 18.5 Å². The maximum atomic E-state index is 12.9. The first-order chi connectivity index (χ1) is 11.0. The third kappa shape index (κ3) is 5.63. The summed E-state index contributed by atoms with van der Waals surface area (Å²) in [6.07, 6.45) is 1.24. The summed E-state index contributed by atoms with van der Waals surface area (Å²) in [5, 5.41) is 10.3. The molecule has 1 aromatic carbocycles. The fourth-order valence-electron chi connectivity index (χ4n) is 1.78. The molecule has 0 aliphatic rings. The summed E-state index contributed by atoms with van der Waals surface area (Å²) in [5.41, 5.74) is 0.542. The van der Waals surface area contributed by atoms with E-state index in [2.05, 4.69) is 0 Å². The predicted octanol–water partition coefficient (Wildman–Crippen LogP) is 0.794. The van der Waals surface area contributed by atoms with Gasteiger partial charge >= 0.3 is 0 Å². The molecule has 1 unspecified atom stereocenters. The average Bonchev–Trinajstić information content (AvgIpc) is 2.46. The maximum Gasteiger partial charge on any atom is 0.299 e. The number of hydroxylamine groups is 2. The third-order valence-electron chi connectivity index (χ3n) is 2.89. The van der Waals surface area contributed by atoms with E-state index in [9.17, 15) is 27.5 Å². The van der Waals surface area contributed by atoms with Gasteiger partial charge in [0.2, 0.25) is 10.0 Å². The van der Waals surface area contributed by atoms with Gasteiger partial charge in [0.25, 0.3) is 11.8 Å². The van der Waals surface area contributed by atoms with Crippen LogP contribution in [-0.4, -0.2) is 43.8 Å². The van der Waals surface area contributed by atoms with Gasteiger partial charge in [0, 0.05) is 0 Å². The topological polar surface area (TPSA) is 113 Å². The van der Waals surface area contributed by atoms with Crippen molar-refractivity contribution in [2.45, 2.75) is 13.0 Å². The van der Waals surface area contributed by atoms with Crippen LogP contribution in [0.5, 0.6) is 0 Å². The Balaban J connectivity index is 2.95. The van der Waals surface area contributed by atoms with E-state index in [4.69, 9.17) is 4.84 Å². The van der Waals surface area contributed by atoms with Gasteiger partial charge in [0.15, 0.2) is 5.76 Å². The fraction of sp³-hybridized carbons (Fsp3) is 0.286. The Labute approximate surface area is 138 Å². The minimum atomic E-state index is -3.89. The van der Waals surface area contributed by atoms with Crippen LogP contribution in [0.2, 0.25) is 0 Å². The molecule has 0 spiro atoms. The number of amides is 2. The lowest BCUT2D eigenvalue weighted by Crippen LogP contribution is -2.34. The molecule has 1 rings (SSSR count). The van der Waals surface area contributed by atoms with Gasteiger partial charge in [0.1, 0.15) is 5.82 Å². The smallest absolute Gasteiger partial charge is 0.299 e. The molecule has 0 radical (unpaired) electrons. The van der Waals surface area contributed by atoms with Gasteiger partial charge in [-0.25, -0.2) is 22.6 Å². The lowest BCUT2D eigenvalue weighted by Gasteiger charge is -2.25. The van der Waals surface area contributed by atoms with Crippen LogP contribution in [0, 0.1) is 5.82 Å². The van der Waals surface area contributed by atoms with Crippen LogP contribution in [-0.2, 0) is 24.4 Å². The fourth-order valence-corrected chi connectivity index (χ4v) is 2.22. The zero-order valence-corrected chi connectivity index (χ0v) is 14.0. The number of hydrogen-bond acceptors (Lipinski definition) is 6. The largest absolute Gasteiger partial charge is 0.503 e. The van der Waals surface area contributed by atoms with Crippen molar-refractivity contribution < 1.29 is 32.3 Å². The summed E-state index contributed by atoms with van der Waals surface area (Å²) in [6, 6.07) is 4.64. The first-order valence-electron chi connectivity index (χ1n) is 6.60. The second-order valence-corrected chi connectivity index (χ2v) is 6.56. The zero-order chi connectivity index (χ0) is 18.5. The number of hydrogen-bond donors (Lipinski definition) is 2. The molecule has 2 amide bonds. The molecular formula is C14H17FN2O6S. The highest BCUT2D eigenvalue weighted by Gasteiger charge is 2.23. The molecule has 0 aromatic heterocycles. The van der Waals surface area contributed by atoms with Crippen LogP contribution in [0.3, 0.4) is 0 Å². The summed E-state index contributed by atoms with van der Waals surface area (Å²) < 4.78 is 36.3. The minimum Gasteiger partial charge on any atom is -0.503 e. The van der Waals surface area contributed by atoms with Crippen molar-refractivity contribution in [1.82, 2.24) is 9.79 Å². The van der Waals surface area contributed by atoms with Gasteiger partial charge in [0.05, 0.1) is 25.5 Å². The molecular weight excluding hydrogens is 343 g/mol. The molecule has 1 atom stereocenters. The lowest BCUT2D eigenvalue weighted by atomic mass is 10.1. The Morgan fingerprint density at radius 3 is 2.33 bits per heavy atom. The van der Waals surface area contributed by atoms with Gasteiger partial charge in [-0.3, -0.25) is 14.4 Å². The van der Waals surface area contributed by atoms with Crippen LogP contribution >= 0.6 is 0 Å². The molecule has 2 N–H and O–H groups in total. The first kappa shape index (κ1) is 19.6. The molecule has 10 heteroatoms. The van der Waals surface area contributed by atoms with Gasteiger partial charge in [-0.15, -0.1) is 0 Å². The number of carbonyl (C=O) groups is 2. The molecule has 0 fully saturated rings. The van der Waals surface area contributed by atoms with Crippen molar-refractivity contribution in [3.63, 3.8) is 0 Å². The molecule has 0 saturated heterocycles. The number of halogens is 1. The number of nitrogens with zero attached hydrogens (tertiary/aromatic N) is 1. The molecule has 0 bridgehead atoms. The van der Waals surface area contributed by atoms with E-state index in [0.717, 1.165) is 11.3 Å². The first-order valence-corrected chi connectivity index (χ1v) is 8.50. The van der Waals surface area contributed by atoms with E-state index in [-0.39, 0.29) is 0 Å². The van der Waals surface area contributed by atoms with E-state index in [1.807, 2.05) is 0 Å². The van der Waals surface area contributed by atoms with Crippen LogP contribution in [0.15, 0.2) is 36.1 Å². The van der Waals surface area contributed by atoms with Crippen LogP contribution in [0.4, 0.5) is 4.39 Å². The number of carbonyl (C=O) groups excluding carboxylic acids is 2. The van der Waals surface area contributed by atoms with Gasteiger partial charge in [-0.2, -0.15) is 0 Å². The Hall–Kier alpha value is -2.46. The maximum absolute atomic E-state index is 12.9. The standard InChI is InChI=1S/C14H17FN2O6S/c1-9(10-4-6-11(15)7-5-10)17(23-2)13(19)8-12(18)14(20)16-24(3,21)22/h4-9,18H,1-3H3,(H,16,20)/b12-8-. The highest BCUT2D eigenvalue weighted by molar-refractivity contribution is 7.89. The van der Waals surface area contributed by atoms with Crippen molar-refractivity contribution in [2.24, 2.45) is 0 Å². The lowest BCUT2D eigenvalue weighted by molar-refractivity contribution is -0.182. The Bertz CT molecular complexity index is 745. The van der Waals surface area contributed by atoms with Crippen LogP contribution in [0.25, 0.3) is 0 Å². The van der Waals surface area contributed by atoms with Crippen molar-refractivity contribution >= 4 is 21.8 Å². The number of aliphatic hydroxyl groups excluding tert-OH is 1. The molecule has 0 heterocycles. The molecule has 8 nitrogen and oxygen atoms in total. The Morgan fingerprint density at radius 2 is 1.88 bits per heavy atom. The van der Waals surface area contributed by atoms with E-state index >= 15 is 0 Å². The predicted molar refractivity (Wildman–Crippen MR) is 82.4 cm³/mol. The van der Waals surface area contributed by atoms with Gasteiger partial charge < -0.3 is 5.11 Å². The van der Waals surface area contributed by atoms with E-state index in [0.29, 0.717) is 11.6 Å². The molecule has 24 heavy (non-hydrogen) atoms. The summed E-state index contributed by atoms with van der Waals surface area (Å²) in [4.78, 5) is 28.4. The number of rotatable bonds is 6. The quantitative estimate of drug-likeness (QED) is 0.441. The average molecular weight is 360 g/mol. The number of benzene rings is 1. The molecule has 132 valence electrons. The number of aliphatic hydroxyl groups is 1. The Morgan fingerprint density at radius 1 is 1.33 bits per heavy atom. The monoisotopic (exact) mass is 360 g/mol. The summed E-state index contributed by atoms with van der Waals surface area (Å²) in [5.74, 6) is -3.80. The number of sulfonamides is 1. The van der Waals surface area contributed by atoms with Crippen molar-refractivity contribution in [3.05, 3.63) is 47.5 Å². The highest BCUT2D eigenvalue weighted by Crippen LogP contribution is 2.21. The van der Waals surface area contributed by atoms with Gasteiger partial charge in [-0.1, -0.05) is 12.1 Å². The van der Waals surface area contributed by atoms with E-state index in [1.165, 1.54) is 36.1 Å². The van der Waals surface area contributed by atoms with Gasteiger partial charge in [-0.05, 0) is 24.6 Å². The number of nitrogens with one attached hydrogen (secondary N) is 1. The SMILES string of the molecule is CON(C(=O)/C=C(\O)C(=O)NS(C)(=O)=O)C(C)c1ccc(F)cc1. The highest BCUT2D eigenvalue weighted by atomic mass is 32.2. The van der Waals surface area contributed by atoms with Crippen molar-refractivity contribution in [3.8, 4) is 0 Å². The van der Waals surface area contributed by atoms with E-state index < -0.39 is 39.5 Å². The van der Waals surface area contributed by atoms with E-state index in [1.54, 1.807) is 6.92 Å². The minimum absolute atomic E-state index is 0.448. The molecule has 0 saturated carbocycles. The summed E-state index contributed by atoms with van der Waals surface area (Å²) >= 11 is 0. The Kier molecular flexibility index (Phi) is 6.43. The zero-order valence-electron chi connectivity index (χ0n) is 13.2. The van der Waals surface area contributed by atoms with Crippen LogP contribution < -0.4 is 4.72 Å².